The third-order valence-electron chi connectivity index (χ3n) is 6.18. The molecule has 21 heavy (non-hydrogen) atoms. The summed E-state index contributed by atoms with van der Waals surface area (Å²) >= 11 is 0. The normalized spacial score (nSPS) is 38.1. The Morgan fingerprint density at radius 3 is 1.86 bits per heavy atom. The maximum Gasteiger partial charge on any atom is 0.0957 e. The molecule has 0 saturated carbocycles. The molecule has 0 aromatic heterocycles. The van der Waals surface area contributed by atoms with E-state index in [1.807, 2.05) is 0 Å². The maximum atomic E-state index is 2.90. The summed E-state index contributed by atoms with van der Waals surface area (Å²) in [5, 5.41) is 0. The average Bonchev–Trinajstić information content (AvgIpc) is 2.42. The fourth-order valence-electron chi connectivity index (χ4n) is 4.94. The summed E-state index contributed by atoms with van der Waals surface area (Å²) in [5.41, 5.74) is 0. The molecule has 0 aromatic rings. The highest BCUT2D eigenvalue weighted by molar-refractivity contribution is 6.32. The van der Waals surface area contributed by atoms with Crippen LogP contribution in [0.4, 0.5) is 0 Å². The summed E-state index contributed by atoms with van der Waals surface area (Å²) < 4.78 is 2.90. The second-order valence-electron chi connectivity index (χ2n) is 7.93. The molecule has 0 bridgehead atoms. The van der Waals surface area contributed by atoms with E-state index >= 15 is 0 Å². The molecular weight excluding hydrogens is 272 g/mol. The zero-order chi connectivity index (χ0) is 15.4. The van der Waals surface area contributed by atoms with Gasteiger partial charge in [-0.25, -0.2) is 0 Å². The van der Waals surface area contributed by atoms with Crippen LogP contribution in [0, 0.1) is 0 Å². The number of hydrogen-bond acceptors (Lipinski definition) is 2. The van der Waals surface area contributed by atoms with Gasteiger partial charge in [-0.05, 0) is 58.9 Å². The molecule has 0 spiro atoms. The Morgan fingerprint density at radius 2 is 1.33 bits per heavy atom. The summed E-state index contributed by atoms with van der Waals surface area (Å²) in [7, 11) is -0.0349. The van der Waals surface area contributed by atoms with Crippen LogP contribution in [0.1, 0.15) is 79.6 Å². The zero-order valence-corrected chi connectivity index (χ0v) is 16.6. The highest BCUT2D eigenvalue weighted by Crippen LogP contribution is 2.27. The van der Waals surface area contributed by atoms with E-state index in [1.54, 1.807) is 0 Å². The van der Waals surface area contributed by atoms with Crippen molar-refractivity contribution >= 4 is 9.68 Å². The first-order valence-electron chi connectivity index (χ1n) is 9.54. The van der Waals surface area contributed by atoms with Crippen molar-refractivity contribution in [3.05, 3.63) is 0 Å². The minimum Gasteiger partial charge on any atom is -0.324 e. The Bertz CT molecular complexity index is 290. The Kier molecular flexibility index (Phi) is 6.76. The summed E-state index contributed by atoms with van der Waals surface area (Å²) in [6.45, 7) is 12.3. The second kappa shape index (κ2) is 8.12. The highest BCUT2D eigenvalue weighted by Gasteiger charge is 2.29. The molecule has 2 heterocycles. The minimum absolute atomic E-state index is 0.0349. The van der Waals surface area contributed by atoms with Crippen molar-refractivity contribution < 1.29 is 0 Å². The van der Waals surface area contributed by atoms with Gasteiger partial charge in [0, 0.05) is 30.2 Å². The molecule has 0 aromatic carbocycles. The van der Waals surface area contributed by atoms with Crippen molar-refractivity contribution in [3.63, 3.8) is 0 Å². The maximum absolute atomic E-state index is 2.90. The molecule has 5 unspecified atom stereocenters. The van der Waals surface area contributed by atoms with Crippen molar-refractivity contribution in [2.24, 2.45) is 0 Å². The van der Waals surface area contributed by atoms with Gasteiger partial charge in [0.25, 0.3) is 0 Å². The molecule has 2 fully saturated rings. The number of piperidine rings is 2. The first-order chi connectivity index (χ1) is 10.0. The van der Waals surface area contributed by atoms with Gasteiger partial charge in [0.15, 0.2) is 0 Å². The summed E-state index contributed by atoms with van der Waals surface area (Å²) in [4.78, 5) is 2.82. The van der Waals surface area contributed by atoms with Crippen LogP contribution in [0.2, 0.25) is 6.04 Å². The lowest BCUT2D eigenvalue weighted by molar-refractivity contribution is 0.0607. The summed E-state index contributed by atoms with van der Waals surface area (Å²) in [6.07, 6.45) is 10.0. The molecule has 2 nitrogen and oxygen atoms in total. The first kappa shape index (κ1) is 17.5. The monoisotopic (exact) mass is 310 g/mol. The third-order valence-corrected chi connectivity index (χ3v) is 8.67. The Labute approximate surface area is 135 Å². The van der Waals surface area contributed by atoms with Crippen LogP contribution in [-0.2, 0) is 0 Å². The number of rotatable bonds is 5. The quantitative estimate of drug-likeness (QED) is 0.713. The summed E-state index contributed by atoms with van der Waals surface area (Å²) in [5.74, 6) is 0. The first-order valence-corrected chi connectivity index (χ1v) is 11.2. The molecular formula is C18H38N2Si. The van der Waals surface area contributed by atoms with E-state index in [-0.39, 0.29) is 9.68 Å². The van der Waals surface area contributed by atoms with Gasteiger partial charge in [-0.1, -0.05) is 26.7 Å². The van der Waals surface area contributed by atoms with E-state index in [1.165, 1.54) is 51.0 Å². The fourth-order valence-corrected chi connectivity index (χ4v) is 7.33. The van der Waals surface area contributed by atoms with Crippen LogP contribution in [-0.4, -0.2) is 49.4 Å². The van der Waals surface area contributed by atoms with Gasteiger partial charge in [0.1, 0.15) is 0 Å². The van der Waals surface area contributed by atoms with Crippen LogP contribution in [0.25, 0.3) is 0 Å². The van der Waals surface area contributed by atoms with E-state index in [0.29, 0.717) is 0 Å². The van der Waals surface area contributed by atoms with E-state index < -0.39 is 0 Å². The van der Waals surface area contributed by atoms with Crippen LogP contribution in [0.5, 0.6) is 0 Å². The number of hydrogen-bond donors (Lipinski definition) is 0. The SMILES string of the molecule is CC1CCCC(C)N1[SiH2]CCC(C)N1C(C)CCCC1C. The van der Waals surface area contributed by atoms with Crippen LogP contribution < -0.4 is 0 Å². The van der Waals surface area contributed by atoms with Gasteiger partial charge >= 0.3 is 0 Å². The van der Waals surface area contributed by atoms with E-state index in [4.69, 9.17) is 0 Å². The lowest BCUT2D eigenvalue weighted by atomic mass is 9.95. The molecule has 2 aliphatic heterocycles. The molecule has 5 atom stereocenters. The zero-order valence-electron chi connectivity index (χ0n) is 15.1. The van der Waals surface area contributed by atoms with Gasteiger partial charge in [0.2, 0.25) is 0 Å². The Morgan fingerprint density at radius 1 is 0.857 bits per heavy atom. The van der Waals surface area contributed by atoms with Gasteiger partial charge < -0.3 is 4.57 Å². The lowest BCUT2D eigenvalue weighted by Gasteiger charge is -2.44. The summed E-state index contributed by atoms with van der Waals surface area (Å²) in [6, 6.07) is 5.63. The van der Waals surface area contributed by atoms with E-state index in [0.717, 1.165) is 30.2 Å². The lowest BCUT2D eigenvalue weighted by Crippen LogP contribution is -2.49. The van der Waals surface area contributed by atoms with Gasteiger partial charge in [0.05, 0.1) is 9.68 Å². The molecule has 2 saturated heterocycles. The van der Waals surface area contributed by atoms with Gasteiger partial charge in [-0.3, -0.25) is 4.90 Å². The molecule has 0 radical (unpaired) electrons. The molecule has 0 aliphatic carbocycles. The van der Waals surface area contributed by atoms with Gasteiger partial charge in [-0.2, -0.15) is 0 Å². The molecule has 0 amide bonds. The van der Waals surface area contributed by atoms with Crippen molar-refractivity contribution in [1.29, 1.82) is 0 Å². The van der Waals surface area contributed by atoms with Crippen molar-refractivity contribution in [2.75, 3.05) is 0 Å². The predicted octanol–water partition coefficient (Wildman–Crippen LogP) is 3.79. The van der Waals surface area contributed by atoms with Crippen LogP contribution in [0.3, 0.4) is 0 Å². The molecule has 0 N–H and O–H groups in total. The topological polar surface area (TPSA) is 6.48 Å². The largest absolute Gasteiger partial charge is 0.324 e. The third kappa shape index (κ3) is 4.55. The average molecular weight is 311 g/mol. The number of likely N-dealkylation sites (tertiary alicyclic amines) is 1. The van der Waals surface area contributed by atoms with Crippen molar-refractivity contribution in [1.82, 2.24) is 9.47 Å². The van der Waals surface area contributed by atoms with Crippen molar-refractivity contribution in [2.45, 2.75) is 116 Å². The fraction of sp³-hybridized carbons (Fsp3) is 1.00. The smallest absolute Gasteiger partial charge is 0.0957 e. The molecule has 2 rings (SSSR count). The number of nitrogens with zero attached hydrogens (tertiary/aromatic N) is 2. The molecule has 2 aliphatic rings. The van der Waals surface area contributed by atoms with E-state index in [2.05, 4.69) is 44.1 Å². The molecule has 124 valence electrons. The van der Waals surface area contributed by atoms with Crippen molar-refractivity contribution in [3.8, 4) is 0 Å². The Hall–Kier alpha value is 0.137. The van der Waals surface area contributed by atoms with Crippen LogP contribution in [0.15, 0.2) is 0 Å². The standard InChI is InChI=1S/C18H38N2Si/c1-14-8-6-9-15(2)19(14)16(3)12-13-21-20-17(4)10-7-11-18(20)5/h14-18H,6-13,21H2,1-5H3. The van der Waals surface area contributed by atoms with Crippen LogP contribution >= 0.6 is 0 Å². The van der Waals surface area contributed by atoms with Gasteiger partial charge in [-0.15, -0.1) is 0 Å². The molecule has 3 heteroatoms. The van der Waals surface area contributed by atoms with E-state index in [9.17, 15) is 0 Å². The predicted molar refractivity (Wildman–Crippen MR) is 96.7 cm³/mol. The Balaban J connectivity index is 1.76. The second-order valence-corrected chi connectivity index (χ2v) is 9.82. The highest BCUT2D eigenvalue weighted by atomic mass is 28.2. The minimum atomic E-state index is -0.0349.